The fourth-order valence-corrected chi connectivity index (χ4v) is 1.44. The van der Waals surface area contributed by atoms with E-state index in [0.29, 0.717) is 6.54 Å². The molecule has 7 nitrogen and oxygen atoms in total. The molecular weight excluding hydrogens is 250 g/mol. The molecule has 0 aromatic carbocycles. The van der Waals surface area contributed by atoms with Crippen molar-refractivity contribution >= 4 is 17.9 Å². The number of nitrogens with zero attached hydrogens (tertiary/aromatic N) is 1. The van der Waals surface area contributed by atoms with Crippen molar-refractivity contribution in [2.45, 2.75) is 38.8 Å². The number of primary amides is 1. The van der Waals surface area contributed by atoms with Crippen molar-refractivity contribution in [3.05, 3.63) is 12.7 Å². The number of carboxylic acids is 1. The Bertz CT molecular complexity index is 355. The Labute approximate surface area is 112 Å². The second kappa shape index (κ2) is 8.12. The highest BCUT2D eigenvalue weighted by atomic mass is 16.4. The van der Waals surface area contributed by atoms with Gasteiger partial charge < -0.3 is 21.1 Å². The zero-order chi connectivity index (χ0) is 15.0. The summed E-state index contributed by atoms with van der Waals surface area (Å²) in [6, 6.07) is -1.73. The molecule has 0 heterocycles. The van der Waals surface area contributed by atoms with Crippen LogP contribution in [0.25, 0.3) is 0 Å². The minimum absolute atomic E-state index is 0.0313. The number of hydrogen-bond donors (Lipinski definition) is 3. The van der Waals surface area contributed by atoms with E-state index in [1.807, 2.05) is 13.8 Å². The average Bonchev–Trinajstić information content (AvgIpc) is 2.29. The van der Waals surface area contributed by atoms with Gasteiger partial charge in [0.15, 0.2) is 0 Å². The summed E-state index contributed by atoms with van der Waals surface area (Å²) < 4.78 is 0. The summed E-state index contributed by atoms with van der Waals surface area (Å²) in [5.74, 6) is -1.80. The molecule has 19 heavy (non-hydrogen) atoms. The Morgan fingerprint density at radius 2 is 2.00 bits per heavy atom. The van der Waals surface area contributed by atoms with Gasteiger partial charge in [0.05, 0.1) is 0 Å². The largest absolute Gasteiger partial charge is 0.480 e. The standard InChI is InChI=1S/C12H21N3O4/c1-4-7-15(8(2)3)12(19)14-9(11(17)18)5-6-10(13)16/h4,8-9H,1,5-7H2,2-3H3,(H2,13,16)(H,14,19)(H,17,18). The predicted molar refractivity (Wildman–Crippen MR) is 70.4 cm³/mol. The van der Waals surface area contributed by atoms with Gasteiger partial charge >= 0.3 is 12.0 Å². The van der Waals surface area contributed by atoms with Crippen molar-refractivity contribution in [3.63, 3.8) is 0 Å². The topological polar surface area (TPSA) is 113 Å². The van der Waals surface area contributed by atoms with Crippen LogP contribution in [-0.4, -0.2) is 46.5 Å². The summed E-state index contributed by atoms with van der Waals surface area (Å²) in [5, 5.41) is 11.3. The first kappa shape index (κ1) is 16.9. The van der Waals surface area contributed by atoms with Crippen molar-refractivity contribution in [1.82, 2.24) is 10.2 Å². The lowest BCUT2D eigenvalue weighted by molar-refractivity contribution is -0.139. The molecule has 0 rings (SSSR count). The summed E-state index contributed by atoms with van der Waals surface area (Å²) in [4.78, 5) is 35.0. The normalized spacial score (nSPS) is 11.7. The van der Waals surface area contributed by atoms with Gasteiger partial charge in [0.25, 0.3) is 0 Å². The van der Waals surface area contributed by atoms with Crippen molar-refractivity contribution in [2.24, 2.45) is 5.73 Å². The van der Waals surface area contributed by atoms with E-state index >= 15 is 0 Å². The van der Waals surface area contributed by atoms with Gasteiger partial charge in [0, 0.05) is 19.0 Å². The SMILES string of the molecule is C=CCN(C(=O)NC(CCC(N)=O)C(=O)O)C(C)C. The Morgan fingerprint density at radius 3 is 2.37 bits per heavy atom. The minimum atomic E-state index is -1.20. The fourth-order valence-electron chi connectivity index (χ4n) is 1.44. The first-order chi connectivity index (χ1) is 8.79. The monoisotopic (exact) mass is 271 g/mol. The molecule has 7 heteroatoms. The van der Waals surface area contributed by atoms with Crippen LogP contribution in [-0.2, 0) is 9.59 Å². The summed E-state index contributed by atoms with van der Waals surface area (Å²) in [7, 11) is 0. The van der Waals surface area contributed by atoms with Gasteiger partial charge in [-0.1, -0.05) is 6.08 Å². The smallest absolute Gasteiger partial charge is 0.326 e. The molecule has 0 saturated heterocycles. The molecule has 0 aliphatic rings. The van der Waals surface area contributed by atoms with E-state index in [-0.39, 0.29) is 18.9 Å². The molecule has 0 aromatic heterocycles. The number of urea groups is 1. The molecule has 0 aliphatic heterocycles. The maximum atomic E-state index is 11.9. The van der Waals surface area contributed by atoms with Gasteiger partial charge in [-0.3, -0.25) is 4.79 Å². The molecule has 0 aromatic rings. The lowest BCUT2D eigenvalue weighted by Gasteiger charge is -2.27. The van der Waals surface area contributed by atoms with Crippen molar-refractivity contribution in [1.29, 1.82) is 0 Å². The zero-order valence-electron chi connectivity index (χ0n) is 11.3. The van der Waals surface area contributed by atoms with Crippen LogP contribution in [0.15, 0.2) is 12.7 Å². The van der Waals surface area contributed by atoms with Crippen LogP contribution in [0.1, 0.15) is 26.7 Å². The number of rotatable bonds is 8. The number of nitrogens with two attached hydrogens (primary N) is 1. The van der Waals surface area contributed by atoms with Gasteiger partial charge in [-0.25, -0.2) is 9.59 Å². The van der Waals surface area contributed by atoms with Gasteiger partial charge in [0.2, 0.25) is 5.91 Å². The average molecular weight is 271 g/mol. The Morgan fingerprint density at radius 1 is 1.42 bits per heavy atom. The molecule has 0 aliphatic carbocycles. The number of carbonyl (C=O) groups is 3. The lowest BCUT2D eigenvalue weighted by atomic mass is 10.1. The molecule has 3 amide bonds. The Kier molecular flexibility index (Phi) is 7.25. The third-order valence-electron chi connectivity index (χ3n) is 2.49. The molecule has 108 valence electrons. The van der Waals surface area contributed by atoms with Crippen molar-refractivity contribution < 1.29 is 19.5 Å². The van der Waals surface area contributed by atoms with E-state index in [1.165, 1.54) is 4.90 Å². The van der Waals surface area contributed by atoms with Gasteiger partial charge in [-0.2, -0.15) is 0 Å². The molecule has 0 saturated carbocycles. The number of aliphatic carboxylic acids is 1. The lowest BCUT2D eigenvalue weighted by Crippen LogP contribution is -2.50. The zero-order valence-corrected chi connectivity index (χ0v) is 11.3. The number of hydrogen-bond acceptors (Lipinski definition) is 3. The minimum Gasteiger partial charge on any atom is -0.480 e. The van der Waals surface area contributed by atoms with Gasteiger partial charge in [-0.05, 0) is 20.3 Å². The molecule has 4 N–H and O–H groups in total. The van der Waals surface area contributed by atoms with Crippen LogP contribution >= 0.6 is 0 Å². The maximum Gasteiger partial charge on any atom is 0.326 e. The molecule has 1 unspecified atom stereocenters. The molecular formula is C12H21N3O4. The second-order valence-corrected chi connectivity index (χ2v) is 4.38. The van der Waals surface area contributed by atoms with Crippen LogP contribution in [0.4, 0.5) is 4.79 Å². The molecule has 0 radical (unpaired) electrons. The quantitative estimate of drug-likeness (QED) is 0.551. The van der Waals surface area contributed by atoms with E-state index in [2.05, 4.69) is 11.9 Å². The van der Waals surface area contributed by atoms with Crippen LogP contribution in [0.3, 0.4) is 0 Å². The first-order valence-electron chi connectivity index (χ1n) is 5.98. The Hall–Kier alpha value is -2.05. The number of amides is 3. The summed E-state index contributed by atoms with van der Waals surface area (Å²) in [6.45, 7) is 7.47. The van der Waals surface area contributed by atoms with Crippen molar-refractivity contribution in [3.8, 4) is 0 Å². The summed E-state index contributed by atoms with van der Waals surface area (Å²) >= 11 is 0. The summed E-state index contributed by atoms with van der Waals surface area (Å²) in [6.07, 6.45) is 1.43. The van der Waals surface area contributed by atoms with Crippen LogP contribution in [0, 0.1) is 0 Å². The van der Waals surface area contributed by atoms with E-state index in [4.69, 9.17) is 10.8 Å². The first-order valence-corrected chi connectivity index (χ1v) is 5.98. The molecule has 0 bridgehead atoms. The van der Waals surface area contributed by atoms with Gasteiger partial charge in [0.1, 0.15) is 6.04 Å². The fraction of sp³-hybridized carbons (Fsp3) is 0.583. The number of carbonyl (C=O) groups excluding carboxylic acids is 2. The van der Waals surface area contributed by atoms with Crippen LogP contribution in [0.5, 0.6) is 0 Å². The van der Waals surface area contributed by atoms with Crippen LogP contribution in [0.2, 0.25) is 0 Å². The van der Waals surface area contributed by atoms with Crippen molar-refractivity contribution in [2.75, 3.05) is 6.54 Å². The van der Waals surface area contributed by atoms with E-state index in [1.54, 1.807) is 6.08 Å². The van der Waals surface area contributed by atoms with E-state index in [0.717, 1.165) is 0 Å². The third kappa shape index (κ3) is 6.44. The number of carboxylic acid groups (broad SMARTS) is 1. The number of nitrogens with one attached hydrogen (secondary N) is 1. The maximum absolute atomic E-state index is 11.9. The highest BCUT2D eigenvalue weighted by Gasteiger charge is 2.24. The molecule has 0 spiro atoms. The molecule has 0 fully saturated rings. The third-order valence-corrected chi connectivity index (χ3v) is 2.49. The van der Waals surface area contributed by atoms with Gasteiger partial charge in [-0.15, -0.1) is 6.58 Å². The predicted octanol–water partition coefficient (Wildman–Crippen LogP) is 0.311. The highest BCUT2D eigenvalue weighted by Crippen LogP contribution is 2.03. The second-order valence-electron chi connectivity index (χ2n) is 4.38. The van der Waals surface area contributed by atoms with E-state index < -0.39 is 23.9 Å². The van der Waals surface area contributed by atoms with Crippen LogP contribution < -0.4 is 11.1 Å². The molecule has 1 atom stereocenters. The highest BCUT2D eigenvalue weighted by molar-refractivity contribution is 5.83. The van der Waals surface area contributed by atoms with E-state index in [9.17, 15) is 14.4 Å². The summed E-state index contributed by atoms with van der Waals surface area (Å²) in [5.41, 5.74) is 4.96. The Balaban J connectivity index is 4.63.